The molecule has 0 aliphatic carbocycles. The second kappa shape index (κ2) is 6.10. The smallest absolute Gasteiger partial charge is 0.257 e. The van der Waals surface area contributed by atoms with Crippen LogP contribution in [0.5, 0.6) is 5.75 Å². The standard InChI is InChI=1S/C16H18N2O2/c1-11(12-7-4-3-5-8-12)18-16(19)15-13(17)9-6-10-14(15)20-2/h3-11H,17H2,1-2H3,(H,18,19). The van der Waals surface area contributed by atoms with Gasteiger partial charge in [0.25, 0.3) is 5.91 Å². The maximum atomic E-state index is 12.4. The van der Waals surface area contributed by atoms with Gasteiger partial charge in [0.1, 0.15) is 11.3 Å². The van der Waals surface area contributed by atoms with Crippen molar-refractivity contribution in [3.8, 4) is 5.75 Å². The summed E-state index contributed by atoms with van der Waals surface area (Å²) in [6.07, 6.45) is 0. The topological polar surface area (TPSA) is 64.3 Å². The zero-order valence-electron chi connectivity index (χ0n) is 11.6. The van der Waals surface area contributed by atoms with Crippen LogP contribution in [-0.4, -0.2) is 13.0 Å². The van der Waals surface area contributed by atoms with E-state index in [1.165, 1.54) is 7.11 Å². The van der Waals surface area contributed by atoms with Gasteiger partial charge >= 0.3 is 0 Å². The lowest BCUT2D eigenvalue weighted by molar-refractivity contribution is 0.0938. The average molecular weight is 270 g/mol. The van der Waals surface area contributed by atoms with Gasteiger partial charge in [-0.15, -0.1) is 0 Å². The normalized spacial score (nSPS) is 11.7. The maximum Gasteiger partial charge on any atom is 0.257 e. The van der Waals surface area contributed by atoms with Crippen molar-refractivity contribution in [1.82, 2.24) is 5.32 Å². The lowest BCUT2D eigenvalue weighted by Gasteiger charge is -2.16. The van der Waals surface area contributed by atoms with Crippen molar-refractivity contribution in [2.45, 2.75) is 13.0 Å². The molecule has 2 aromatic rings. The van der Waals surface area contributed by atoms with Gasteiger partial charge in [0.2, 0.25) is 0 Å². The molecule has 0 saturated heterocycles. The first-order chi connectivity index (χ1) is 9.63. The van der Waals surface area contributed by atoms with E-state index >= 15 is 0 Å². The third-order valence-electron chi connectivity index (χ3n) is 3.15. The minimum Gasteiger partial charge on any atom is -0.496 e. The minimum atomic E-state index is -0.240. The molecule has 1 amide bonds. The fourth-order valence-corrected chi connectivity index (χ4v) is 2.06. The Labute approximate surface area is 118 Å². The van der Waals surface area contributed by atoms with Crippen LogP contribution in [0.2, 0.25) is 0 Å². The third kappa shape index (κ3) is 2.91. The van der Waals surface area contributed by atoms with Gasteiger partial charge in [0.05, 0.1) is 13.2 Å². The van der Waals surface area contributed by atoms with Crippen LogP contribution in [0.15, 0.2) is 48.5 Å². The maximum absolute atomic E-state index is 12.4. The molecule has 4 heteroatoms. The molecule has 0 spiro atoms. The molecule has 1 unspecified atom stereocenters. The number of carbonyl (C=O) groups is 1. The number of nitrogens with two attached hydrogens (primary N) is 1. The number of amides is 1. The van der Waals surface area contributed by atoms with Crippen molar-refractivity contribution in [2.24, 2.45) is 0 Å². The number of rotatable bonds is 4. The highest BCUT2D eigenvalue weighted by Gasteiger charge is 2.18. The van der Waals surface area contributed by atoms with Gasteiger partial charge < -0.3 is 15.8 Å². The first kappa shape index (κ1) is 13.9. The van der Waals surface area contributed by atoms with Crippen molar-refractivity contribution < 1.29 is 9.53 Å². The number of anilines is 1. The van der Waals surface area contributed by atoms with E-state index < -0.39 is 0 Å². The van der Waals surface area contributed by atoms with E-state index in [-0.39, 0.29) is 11.9 Å². The number of ether oxygens (including phenoxy) is 1. The number of carbonyl (C=O) groups excluding carboxylic acids is 1. The summed E-state index contributed by atoms with van der Waals surface area (Å²) < 4.78 is 5.19. The molecule has 0 radical (unpaired) electrons. The van der Waals surface area contributed by atoms with E-state index in [0.29, 0.717) is 17.0 Å². The molecule has 2 aromatic carbocycles. The van der Waals surface area contributed by atoms with E-state index in [2.05, 4.69) is 5.32 Å². The summed E-state index contributed by atoms with van der Waals surface area (Å²) in [7, 11) is 1.52. The van der Waals surface area contributed by atoms with Crippen LogP contribution in [0.1, 0.15) is 28.9 Å². The van der Waals surface area contributed by atoms with Crippen molar-refractivity contribution in [3.63, 3.8) is 0 Å². The average Bonchev–Trinajstić information content (AvgIpc) is 2.47. The Balaban J connectivity index is 2.21. The Bertz CT molecular complexity index is 597. The number of nitrogen functional groups attached to an aromatic ring is 1. The molecule has 104 valence electrons. The van der Waals surface area contributed by atoms with E-state index in [9.17, 15) is 4.79 Å². The fraction of sp³-hybridized carbons (Fsp3) is 0.188. The number of hydrogen-bond acceptors (Lipinski definition) is 3. The quantitative estimate of drug-likeness (QED) is 0.840. The molecule has 0 heterocycles. The molecule has 0 bridgehead atoms. The molecule has 0 aliphatic heterocycles. The molecule has 0 saturated carbocycles. The first-order valence-electron chi connectivity index (χ1n) is 6.41. The second-order valence-corrected chi connectivity index (χ2v) is 4.53. The lowest BCUT2D eigenvalue weighted by Crippen LogP contribution is -2.27. The Hall–Kier alpha value is -2.49. The van der Waals surface area contributed by atoms with Crippen LogP contribution in [-0.2, 0) is 0 Å². The minimum absolute atomic E-state index is 0.104. The predicted octanol–water partition coefficient (Wildman–Crippen LogP) is 2.77. The molecule has 3 N–H and O–H groups in total. The first-order valence-corrected chi connectivity index (χ1v) is 6.41. The van der Waals surface area contributed by atoms with Crippen LogP contribution >= 0.6 is 0 Å². The Kier molecular flexibility index (Phi) is 4.25. The third-order valence-corrected chi connectivity index (χ3v) is 3.15. The van der Waals surface area contributed by atoms with Crippen molar-refractivity contribution in [1.29, 1.82) is 0 Å². The highest BCUT2D eigenvalue weighted by molar-refractivity contribution is 6.02. The Morgan fingerprint density at radius 2 is 1.85 bits per heavy atom. The van der Waals surface area contributed by atoms with Gasteiger partial charge in [0, 0.05) is 5.69 Å². The summed E-state index contributed by atoms with van der Waals surface area (Å²) in [5.41, 5.74) is 7.69. The monoisotopic (exact) mass is 270 g/mol. The number of methoxy groups -OCH3 is 1. The number of benzene rings is 2. The molecule has 0 aromatic heterocycles. The molecule has 0 fully saturated rings. The van der Waals surface area contributed by atoms with Gasteiger partial charge in [-0.25, -0.2) is 0 Å². The van der Waals surface area contributed by atoms with Crippen LogP contribution in [0, 0.1) is 0 Å². The van der Waals surface area contributed by atoms with E-state index in [4.69, 9.17) is 10.5 Å². The van der Waals surface area contributed by atoms with Gasteiger partial charge in [-0.1, -0.05) is 36.4 Å². The summed E-state index contributed by atoms with van der Waals surface area (Å²) in [6.45, 7) is 1.93. The Morgan fingerprint density at radius 3 is 2.50 bits per heavy atom. The molecule has 0 aliphatic rings. The molecule has 20 heavy (non-hydrogen) atoms. The molecular formula is C16H18N2O2. The second-order valence-electron chi connectivity index (χ2n) is 4.53. The Morgan fingerprint density at radius 1 is 1.15 bits per heavy atom. The molecular weight excluding hydrogens is 252 g/mol. The highest BCUT2D eigenvalue weighted by Crippen LogP contribution is 2.25. The molecule has 4 nitrogen and oxygen atoms in total. The predicted molar refractivity (Wildman–Crippen MR) is 79.7 cm³/mol. The van der Waals surface area contributed by atoms with Gasteiger partial charge in [-0.2, -0.15) is 0 Å². The zero-order valence-corrected chi connectivity index (χ0v) is 11.6. The van der Waals surface area contributed by atoms with Gasteiger partial charge in [0.15, 0.2) is 0 Å². The highest BCUT2D eigenvalue weighted by atomic mass is 16.5. The van der Waals surface area contributed by atoms with Crippen LogP contribution in [0.25, 0.3) is 0 Å². The summed E-state index contributed by atoms with van der Waals surface area (Å²) >= 11 is 0. The van der Waals surface area contributed by atoms with E-state index in [1.807, 2.05) is 37.3 Å². The molecule has 2 rings (SSSR count). The molecule has 1 atom stereocenters. The van der Waals surface area contributed by atoms with Gasteiger partial charge in [-0.3, -0.25) is 4.79 Å². The van der Waals surface area contributed by atoms with Gasteiger partial charge in [-0.05, 0) is 24.6 Å². The largest absolute Gasteiger partial charge is 0.496 e. The van der Waals surface area contributed by atoms with Crippen LogP contribution in [0.4, 0.5) is 5.69 Å². The van der Waals surface area contributed by atoms with Crippen LogP contribution in [0.3, 0.4) is 0 Å². The van der Waals surface area contributed by atoms with Crippen molar-refractivity contribution in [3.05, 3.63) is 59.7 Å². The summed E-state index contributed by atoms with van der Waals surface area (Å²) in [6, 6.07) is 14.8. The van der Waals surface area contributed by atoms with Crippen molar-refractivity contribution in [2.75, 3.05) is 12.8 Å². The van der Waals surface area contributed by atoms with E-state index in [0.717, 1.165) is 5.56 Å². The zero-order chi connectivity index (χ0) is 14.5. The number of nitrogens with one attached hydrogen (secondary N) is 1. The SMILES string of the molecule is COc1cccc(N)c1C(=O)NC(C)c1ccccc1. The van der Waals surface area contributed by atoms with Crippen LogP contribution < -0.4 is 15.8 Å². The number of hydrogen-bond donors (Lipinski definition) is 2. The summed E-state index contributed by atoms with van der Waals surface area (Å²) in [5, 5.41) is 2.93. The fourth-order valence-electron chi connectivity index (χ4n) is 2.06. The summed E-state index contributed by atoms with van der Waals surface area (Å²) in [5.74, 6) is 0.235. The van der Waals surface area contributed by atoms with E-state index in [1.54, 1.807) is 18.2 Å². The lowest BCUT2D eigenvalue weighted by atomic mass is 10.1. The van der Waals surface area contributed by atoms with Crippen molar-refractivity contribution >= 4 is 11.6 Å². The summed E-state index contributed by atoms with van der Waals surface area (Å²) in [4.78, 5) is 12.4.